The van der Waals surface area contributed by atoms with Crippen molar-refractivity contribution >= 4 is 5.97 Å². The zero-order valence-electron chi connectivity index (χ0n) is 14.3. The fraction of sp³-hybridized carbons (Fsp3) is 0.350. The molecular formula is C20H24O4. The van der Waals surface area contributed by atoms with E-state index in [4.69, 9.17) is 14.2 Å². The lowest BCUT2D eigenvalue weighted by Crippen LogP contribution is -2.08. The highest BCUT2D eigenvalue weighted by Gasteiger charge is 2.12. The molecule has 2 rings (SSSR count). The highest BCUT2D eigenvalue weighted by Crippen LogP contribution is 2.32. The SMILES string of the molecule is CCOC(=O)CCc1cccc(OC)c1OCCc1ccccc1. The van der Waals surface area contributed by atoms with Gasteiger partial charge in [-0.05, 0) is 30.5 Å². The Balaban J connectivity index is 2.01. The van der Waals surface area contributed by atoms with E-state index in [1.165, 1.54) is 5.56 Å². The summed E-state index contributed by atoms with van der Waals surface area (Å²) in [7, 11) is 1.62. The highest BCUT2D eigenvalue weighted by atomic mass is 16.5. The third-order valence-electron chi connectivity index (χ3n) is 3.66. The summed E-state index contributed by atoms with van der Waals surface area (Å²) in [6, 6.07) is 15.9. The lowest BCUT2D eigenvalue weighted by molar-refractivity contribution is -0.143. The van der Waals surface area contributed by atoms with Crippen LogP contribution in [0.25, 0.3) is 0 Å². The molecule has 4 heteroatoms. The molecule has 2 aromatic carbocycles. The number of rotatable bonds is 9. The maximum absolute atomic E-state index is 11.6. The fourth-order valence-electron chi connectivity index (χ4n) is 2.47. The molecule has 0 fully saturated rings. The van der Waals surface area contributed by atoms with Gasteiger partial charge in [0.25, 0.3) is 0 Å². The van der Waals surface area contributed by atoms with E-state index in [1.807, 2.05) is 43.3 Å². The molecule has 0 amide bonds. The zero-order chi connectivity index (χ0) is 17.2. The van der Waals surface area contributed by atoms with E-state index in [9.17, 15) is 4.79 Å². The van der Waals surface area contributed by atoms with Crippen molar-refractivity contribution in [3.63, 3.8) is 0 Å². The van der Waals surface area contributed by atoms with Gasteiger partial charge in [-0.2, -0.15) is 0 Å². The topological polar surface area (TPSA) is 44.8 Å². The average molecular weight is 328 g/mol. The molecule has 0 saturated heterocycles. The lowest BCUT2D eigenvalue weighted by Gasteiger charge is -2.15. The Labute approximate surface area is 143 Å². The molecule has 0 aliphatic heterocycles. The monoisotopic (exact) mass is 328 g/mol. The maximum atomic E-state index is 11.6. The summed E-state index contributed by atoms with van der Waals surface area (Å²) in [5.74, 6) is 1.19. The van der Waals surface area contributed by atoms with E-state index >= 15 is 0 Å². The normalized spacial score (nSPS) is 10.2. The van der Waals surface area contributed by atoms with Crippen LogP contribution in [-0.2, 0) is 22.4 Å². The van der Waals surface area contributed by atoms with Crippen LogP contribution in [0.5, 0.6) is 11.5 Å². The Bertz CT molecular complexity index is 637. The predicted molar refractivity (Wildman–Crippen MR) is 93.6 cm³/mol. The first-order valence-electron chi connectivity index (χ1n) is 8.22. The molecule has 0 radical (unpaired) electrons. The van der Waals surface area contributed by atoms with Gasteiger partial charge >= 0.3 is 5.97 Å². The summed E-state index contributed by atoms with van der Waals surface area (Å²) in [5.41, 5.74) is 2.18. The Hall–Kier alpha value is -2.49. The summed E-state index contributed by atoms with van der Waals surface area (Å²) >= 11 is 0. The third kappa shape index (κ3) is 5.30. The van der Waals surface area contributed by atoms with Crippen LogP contribution in [0.1, 0.15) is 24.5 Å². The van der Waals surface area contributed by atoms with Crippen LogP contribution in [0.2, 0.25) is 0 Å². The third-order valence-corrected chi connectivity index (χ3v) is 3.66. The van der Waals surface area contributed by atoms with Crippen molar-refractivity contribution in [3.8, 4) is 11.5 Å². The van der Waals surface area contributed by atoms with Crippen LogP contribution in [0.3, 0.4) is 0 Å². The van der Waals surface area contributed by atoms with Crippen LogP contribution < -0.4 is 9.47 Å². The molecule has 24 heavy (non-hydrogen) atoms. The maximum Gasteiger partial charge on any atom is 0.306 e. The van der Waals surface area contributed by atoms with Crippen LogP contribution >= 0.6 is 0 Å². The van der Waals surface area contributed by atoms with Gasteiger partial charge in [0, 0.05) is 12.8 Å². The molecule has 0 atom stereocenters. The zero-order valence-corrected chi connectivity index (χ0v) is 14.3. The Morgan fingerprint density at radius 2 is 1.79 bits per heavy atom. The highest BCUT2D eigenvalue weighted by molar-refractivity contribution is 5.70. The van der Waals surface area contributed by atoms with Gasteiger partial charge in [-0.15, -0.1) is 0 Å². The second-order valence-electron chi connectivity index (χ2n) is 5.34. The van der Waals surface area contributed by atoms with E-state index in [0.717, 1.165) is 12.0 Å². The van der Waals surface area contributed by atoms with Crippen molar-refractivity contribution in [3.05, 3.63) is 59.7 Å². The van der Waals surface area contributed by atoms with Crippen molar-refractivity contribution in [2.24, 2.45) is 0 Å². The van der Waals surface area contributed by atoms with E-state index in [0.29, 0.717) is 37.6 Å². The minimum absolute atomic E-state index is 0.199. The summed E-state index contributed by atoms with van der Waals surface area (Å²) in [6.45, 7) is 2.76. The largest absolute Gasteiger partial charge is 0.493 e. The smallest absolute Gasteiger partial charge is 0.306 e. The van der Waals surface area contributed by atoms with Crippen LogP contribution in [0, 0.1) is 0 Å². The number of ether oxygens (including phenoxy) is 3. The molecule has 4 nitrogen and oxygen atoms in total. The molecule has 0 aliphatic carbocycles. The molecule has 0 aromatic heterocycles. The first-order valence-corrected chi connectivity index (χ1v) is 8.22. The summed E-state index contributed by atoms with van der Waals surface area (Å²) in [6.07, 6.45) is 1.71. The number of hydrogen-bond acceptors (Lipinski definition) is 4. The molecule has 0 bridgehead atoms. The average Bonchev–Trinajstić information content (AvgIpc) is 2.61. The van der Waals surface area contributed by atoms with Crippen LogP contribution in [-0.4, -0.2) is 26.3 Å². The molecule has 128 valence electrons. The Morgan fingerprint density at radius 1 is 1.00 bits per heavy atom. The van der Waals surface area contributed by atoms with Gasteiger partial charge in [0.1, 0.15) is 0 Å². The first-order chi connectivity index (χ1) is 11.7. The molecule has 2 aromatic rings. The predicted octanol–water partition coefficient (Wildman–Crippen LogP) is 3.81. The molecule has 0 N–H and O–H groups in total. The molecule has 0 heterocycles. The van der Waals surface area contributed by atoms with Gasteiger partial charge < -0.3 is 14.2 Å². The number of benzene rings is 2. The van der Waals surface area contributed by atoms with E-state index < -0.39 is 0 Å². The summed E-state index contributed by atoms with van der Waals surface area (Å²) < 4.78 is 16.4. The summed E-state index contributed by atoms with van der Waals surface area (Å²) in [4.78, 5) is 11.6. The van der Waals surface area contributed by atoms with Gasteiger partial charge in [0.2, 0.25) is 0 Å². The number of hydrogen-bond donors (Lipinski definition) is 0. The van der Waals surface area contributed by atoms with Crippen molar-refractivity contribution in [1.82, 2.24) is 0 Å². The number of carbonyl (C=O) groups excluding carboxylic acids is 1. The van der Waals surface area contributed by atoms with E-state index in [1.54, 1.807) is 7.11 Å². The van der Waals surface area contributed by atoms with Crippen molar-refractivity contribution < 1.29 is 19.0 Å². The number of carbonyl (C=O) groups is 1. The van der Waals surface area contributed by atoms with Crippen molar-refractivity contribution in [2.75, 3.05) is 20.3 Å². The summed E-state index contributed by atoms with van der Waals surface area (Å²) in [5, 5.41) is 0. The van der Waals surface area contributed by atoms with Gasteiger partial charge in [-0.3, -0.25) is 4.79 Å². The van der Waals surface area contributed by atoms with Crippen LogP contribution in [0.15, 0.2) is 48.5 Å². The van der Waals surface area contributed by atoms with Crippen molar-refractivity contribution in [2.45, 2.75) is 26.2 Å². The molecule has 0 aliphatic rings. The fourth-order valence-corrected chi connectivity index (χ4v) is 2.47. The second kappa shape index (κ2) is 9.60. The number of para-hydroxylation sites is 1. The van der Waals surface area contributed by atoms with Gasteiger partial charge in [-0.1, -0.05) is 42.5 Å². The standard InChI is InChI=1S/C20H24O4/c1-3-23-19(21)13-12-17-10-7-11-18(22-2)20(17)24-15-14-16-8-5-4-6-9-16/h4-11H,3,12-15H2,1-2H3. The number of esters is 1. The molecular weight excluding hydrogens is 304 g/mol. The number of aryl methyl sites for hydroxylation is 1. The van der Waals surface area contributed by atoms with E-state index in [2.05, 4.69) is 12.1 Å². The molecule has 0 unspecified atom stereocenters. The second-order valence-corrected chi connectivity index (χ2v) is 5.34. The minimum atomic E-state index is -0.199. The van der Waals surface area contributed by atoms with Gasteiger partial charge in [0.05, 0.1) is 20.3 Å². The quantitative estimate of drug-likeness (QED) is 0.657. The van der Waals surface area contributed by atoms with Crippen molar-refractivity contribution in [1.29, 1.82) is 0 Å². The van der Waals surface area contributed by atoms with E-state index in [-0.39, 0.29) is 5.97 Å². The molecule has 0 saturated carbocycles. The first kappa shape index (κ1) is 17.9. The molecule has 0 spiro atoms. The van der Waals surface area contributed by atoms with Crippen LogP contribution in [0.4, 0.5) is 0 Å². The Kier molecular flexibility index (Phi) is 7.15. The Morgan fingerprint density at radius 3 is 2.50 bits per heavy atom. The minimum Gasteiger partial charge on any atom is -0.493 e. The lowest BCUT2D eigenvalue weighted by atomic mass is 10.1. The van der Waals surface area contributed by atoms with Gasteiger partial charge in [-0.25, -0.2) is 0 Å². The van der Waals surface area contributed by atoms with Gasteiger partial charge in [0.15, 0.2) is 11.5 Å². The number of methoxy groups -OCH3 is 1.